The van der Waals surface area contributed by atoms with Crippen molar-refractivity contribution in [3.8, 4) is 17.0 Å². The molecule has 0 bridgehead atoms. The van der Waals surface area contributed by atoms with E-state index in [4.69, 9.17) is 4.52 Å². The summed E-state index contributed by atoms with van der Waals surface area (Å²) in [5, 5.41) is 24.1. The molecule has 4 aromatic rings. The maximum absolute atomic E-state index is 13.2. The second-order valence-electron chi connectivity index (χ2n) is 8.70. The second-order valence-corrected chi connectivity index (χ2v) is 8.70. The van der Waals surface area contributed by atoms with Crippen LogP contribution in [-0.2, 0) is 6.54 Å². The van der Waals surface area contributed by atoms with Crippen molar-refractivity contribution < 1.29 is 23.6 Å². The molecule has 9 nitrogen and oxygen atoms in total. The van der Waals surface area contributed by atoms with Crippen LogP contribution in [0.2, 0.25) is 0 Å². The maximum atomic E-state index is 13.2. The van der Waals surface area contributed by atoms with Gasteiger partial charge in [0.2, 0.25) is 5.76 Å². The molecule has 1 fully saturated rings. The summed E-state index contributed by atoms with van der Waals surface area (Å²) < 4.78 is 19.4. The summed E-state index contributed by atoms with van der Waals surface area (Å²) in [7, 11) is 0. The Bertz CT molecular complexity index is 1380. The molecule has 2 amide bonds. The smallest absolute Gasteiger partial charge is 0.342 e. The van der Waals surface area contributed by atoms with Gasteiger partial charge in [-0.25, -0.2) is 9.18 Å². The lowest BCUT2D eigenvalue weighted by Crippen LogP contribution is -2.30. The van der Waals surface area contributed by atoms with Crippen LogP contribution in [0.15, 0.2) is 65.3 Å². The summed E-state index contributed by atoms with van der Waals surface area (Å²) in [5.74, 6) is -0.651. The van der Waals surface area contributed by atoms with Gasteiger partial charge in [-0.05, 0) is 54.8 Å². The Morgan fingerprint density at radius 3 is 2.58 bits per heavy atom. The van der Waals surface area contributed by atoms with Crippen LogP contribution in [0.4, 0.5) is 14.9 Å². The molecule has 184 valence electrons. The fraction of sp³-hybridized carbons (Fsp3) is 0.231. The minimum absolute atomic E-state index is 0.0398. The number of aromatic nitrogens is 3. The highest BCUT2D eigenvalue weighted by atomic mass is 19.1. The third-order valence-corrected chi connectivity index (χ3v) is 6.25. The van der Waals surface area contributed by atoms with Gasteiger partial charge in [0.25, 0.3) is 5.91 Å². The van der Waals surface area contributed by atoms with Crippen molar-refractivity contribution in [1.82, 2.24) is 20.3 Å². The van der Waals surface area contributed by atoms with Crippen LogP contribution in [-0.4, -0.2) is 32.0 Å². The average molecular weight is 490 g/mol. The normalized spacial score (nSPS) is 13.6. The van der Waals surface area contributed by atoms with Crippen LogP contribution in [0, 0.1) is 5.82 Å². The zero-order valence-electron chi connectivity index (χ0n) is 19.3. The van der Waals surface area contributed by atoms with Gasteiger partial charge in [-0.1, -0.05) is 30.1 Å². The third kappa shape index (κ3) is 4.97. The molecule has 1 saturated carbocycles. The number of hydrogen-bond donors (Lipinski definition) is 3. The van der Waals surface area contributed by atoms with Gasteiger partial charge < -0.3 is 20.3 Å². The number of nitrogens with one attached hydrogen (secondary N) is 2. The minimum atomic E-state index is -0.485. The molecule has 0 spiro atoms. The van der Waals surface area contributed by atoms with E-state index in [-0.39, 0.29) is 29.8 Å². The number of nitrogens with zero attached hydrogens (tertiary/aromatic N) is 3. The van der Waals surface area contributed by atoms with Crippen molar-refractivity contribution in [2.24, 2.45) is 0 Å². The molecule has 2 aromatic carbocycles. The summed E-state index contributed by atoms with van der Waals surface area (Å²) in [6.45, 7) is 0.215. The molecule has 0 saturated heterocycles. The fourth-order valence-electron chi connectivity index (χ4n) is 4.40. The number of phenols is 1. The highest BCUT2D eigenvalue weighted by Gasteiger charge is 2.26. The molecule has 10 heteroatoms. The van der Waals surface area contributed by atoms with E-state index in [9.17, 15) is 19.1 Å². The Morgan fingerprint density at radius 1 is 1.08 bits per heavy atom. The van der Waals surface area contributed by atoms with Crippen LogP contribution >= 0.6 is 0 Å². The Hall–Kier alpha value is -4.47. The van der Waals surface area contributed by atoms with E-state index in [2.05, 4.69) is 20.9 Å². The predicted octanol–water partition coefficient (Wildman–Crippen LogP) is 5.05. The summed E-state index contributed by atoms with van der Waals surface area (Å²) in [4.78, 5) is 25.5. The first-order chi connectivity index (χ1) is 17.5. The van der Waals surface area contributed by atoms with Crippen molar-refractivity contribution in [1.29, 1.82) is 0 Å². The van der Waals surface area contributed by atoms with Gasteiger partial charge in [-0.15, -0.1) is 0 Å². The summed E-state index contributed by atoms with van der Waals surface area (Å²) in [5.41, 5.74) is 2.71. The number of phenolic OH excluding ortho intramolecular Hbond substituents is 1. The summed E-state index contributed by atoms with van der Waals surface area (Å²) >= 11 is 0. The first-order valence-corrected chi connectivity index (χ1v) is 11.7. The number of carbonyl (C=O) groups excluding carboxylic acids is 2. The first-order valence-electron chi connectivity index (χ1n) is 11.7. The molecule has 0 radical (unpaired) electrons. The lowest BCUT2D eigenvalue weighted by Gasteiger charge is -2.12. The minimum Gasteiger partial charge on any atom is -0.507 e. The van der Waals surface area contributed by atoms with Crippen LogP contribution in [0.5, 0.6) is 5.75 Å². The van der Waals surface area contributed by atoms with E-state index in [0.29, 0.717) is 16.9 Å². The van der Waals surface area contributed by atoms with Gasteiger partial charge in [0, 0.05) is 29.8 Å². The van der Waals surface area contributed by atoms with Crippen molar-refractivity contribution in [3.05, 3.63) is 83.6 Å². The Balaban J connectivity index is 1.42. The van der Waals surface area contributed by atoms with Gasteiger partial charge in [0.1, 0.15) is 11.6 Å². The molecule has 1 aliphatic rings. The maximum Gasteiger partial charge on any atom is 0.342 e. The van der Waals surface area contributed by atoms with E-state index >= 15 is 0 Å². The van der Waals surface area contributed by atoms with Gasteiger partial charge in [0.05, 0.1) is 17.6 Å². The van der Waals surface area contributed by atoms with Crippen LogP contribution in [0.1, 0.15) is 53.4 Å². The van der Waals surface area contributed by atoms with Crippen LogP contribution in [0.25, 0.3) is 11.3 Å². The number of hydrogen-bond acceptors (Lipinski definition) is 6. The molecule has 2 heterocycles. The largest absolute Gasteiger partial charge is 0.507 e. The van der Waals surface area contributed by atoms with Gasteiger partial charge in [0.15, 0.2) is 0 Å². The molecule has 3 N–H and O–H groups in total. The third-order valence-electron chi connectivity index (χ3n) is 6.25. The Morgan fingerprint density at radius 2 is 1.86 bits per heavy atom. The molecule has 0 unspecified atom stereocenters. The average Bonchev–Trinajstić information content (AvgIpc) is 3.66. The predicted molar refractivity (Wildman–Crippen MR) is 129 cm³/mol. The fourth-order valence-corrected chi connectivity index (χ4v) is 4.40. The number of amides is 2. The quantitative estimate of drug-likeness (QED) is 0.326. The number of rotatable bonds is 6. The van der Waals surface area contributed by atoms with E-state index in [1.54, 1.807) is 24.3 Å². The van der Waals surface area contributed by atoms with E-state index in [1.165, 1.54) is 35.1 Å². The number of anilines is 1. The second kappa shape index (κ2) is 10.0. The van der Waals surface area contributed by atoms with E-state index < -0.39 is 11.9 Å². The highest BCUT2D eigenvalue weighted by molar-refractivity contribution is 6.02. The Labute approximate surface area is 205 Å². The Kier molecular flexibility index (Phi) is 6.48. The first kappa shape index (κ1) is 23.3. The lowest BCUT2D eigenvalue weighted by molar-refractivity contribution is 0.0988. The van der Waals surface area contributed by atoms with Crippen molar-refractivity contribution >= 4 is 17.6 Å². The van der Waals surface area contributed by atoms with Gasteiger partial charge >= 0.3 is 6.03 Å². The molecule has 0 atom stereocenters. The van der Waals surface area contributed by atoms with Crippen LogP contribution in [0.3, 0.4) is 0 Å². The molecule has 2 aromatic heterocycles. The number of carbonyl (C=O) groups is 2. The molecule has 0 aliphatic heterocycles. The van der Waals surface area contributed by atoms with Crippen molar-refractivity contribution in [2.45, 2.75) is 38.1 Å². The molecule has 1 aliphatic carbocycles. The zero-order valence-corrected chi connectivity index (χ0v) is 19.3. The summed E-state index contributed by atoms with van der Waals surface area (Å²) in [6.07, 6.45) is 5.38. The SMILES string of the molecule is O=C(Nc1ccc(O)c(-c2cc(C3CCCC3)n(C(=O)NCc3ccc(F)cc3)n2)c1)c1ccno1. The van der Waals surface area contributed by atoms with Crippen LogP contribution < -0.4 is 10.6 Å². The molecule has 5 rings (SSSR count). The highest BCUT2D eigenvalue weighted by Crippen LogP contribution is 2.38. The monoisotopic (exact) mass is 489 g/mol. The van der Waals surface area contributed by atoms with Gasteiger partial charge in [-0.3, -0.25) is 4.79 Å². The zero-order chi connectivity index (χ0) is 25.1. The number of halogens is 1. The van der Waals surface area contributed by atoms with Crippen molar-refractivity contribution in [3.63, 3.8) is 0 Å². The molecular weight excluding hydrogens is 465 g/mol. The van der Waals surface area contributed by atoms with Gasteiger partial charge in [-0.2, -0.15) is 9.78 Å². The number of benzene rings is 2. The summed E-state index contributed by atoms with van der Waals surface area (Å²) in [6, 6.07) is 13.3. The van der Waals surface area contributed by atoms with E-state index in [0.717, 1.165) is 36.9 Å². The lowest BCUT2D eigenvalue weighted by atomic mass is 10.0. The molecular formula is C26H24FN5O4. The van der Waals surface area contributed by atoms with Crippen molar-refractivity contribution in [2.75, 3.05) is 5.32 Å². The van der Waals surface area contributed by atoms with E-state index in [1.807, 2.05) is 6.07 Å². The number of aromatic hydroxyl groups is 1. The standard InChI is InChI=1S/C26H24FN5O4/c27-18-7-5-16(6-8-18)15-28-26(35)32-22(17-3-1-2-4-17)14-21(31-32)20-13-19(9-10-23(20)33)30-25(34)24-11-12-29-36-24/h5-14,17,33H,1-4,15H2,(H,28,35)(H,30,34). The molecule has 36 heavy (non-hydrogen) atoms. The topological polar surface area (TPSA) is 122 Å².